The largest absolute Gasteiger partial charge is 0.398 e. The molecular weight excluding hydrogens is 438 g/mol. The average Bonchev–Trinajstić information content (AvgIpc) is 2.90. The summed E-state index contributed by atoms with van der Waals surface area (Å²) < 4.78 is 0. The number of hydrogen-bond acceptors (Lipinski definition) is 6. The lowest BCUT2D eigenvalue weighted by atomic mass is 9.97. The van der Waals surface area contributed by atoms with Gasteiger partial charge in [0.15, 0.2) is 0 Å². The number of nitrogens with zero attached hydrogens (tertiary/aromatic N) is 2. The Hall–Kier alpha value is -3.89. The van der Waals surface area contributed by atoms with Gasteiger partial charge in [-0.15, -0.1) is 0 Å². The third-order valence-corrected chi connectivity index (χ3v) is 5.86. The molecule has 0 spiro atoms. The molecule has 0 saturated heterocycles. The number of rotatable bonds is 8. The van der Waals surface area contributed by atoms with E-state index in [4.69, 9.17) is 10.9 Å². The fourth-order valence-electron chi connectivity index (χ4n) is 3.68. The normalized spacial score (nSPS) is 11.2. The van der Waals surface area contributed by atoms with E-state index in [2.05, 4.69) is 52.8 Å². The summed E-state index contributed by atoms with van der Waals surface area (Å²) in [6, 6.07) is 30.6. The van der Waals surface area contributed by atoms with Gasteiger partial charge in [0.1, 0.15) is 6.07 Å². The standard InChI is InChI=1S/C28H25N5S/c29-15-22-14-26(23-4-2-1-3-5-23)28(33-18-22)25-12-8-21(9-13-25)17-32-16-20-6-10-24(11-7-20)27(30)19-34-31/h1-14,18-19,32H,16-17,30-31H2/b27-19-. The van der Waals surface area contributed by atoms with Crippen molar-refractivity contribution in [3.05, 3.63) is 119 Å². The minimum absolute atomic E-state index is 0.549. The summed E-state index contributed by atoms with van der Waals surface area (Å²) in [5.74, 6) is 0. The van der Waals surface area contributed by atoms with Crippen LogP contribution in [0.15, 0.2) is 96.5 Å². The first-order chi connectivity index (χ1) is 16.7. The Bertz CT molecular complexity index is 1310. The van der Waals surface area contributed by atoms with E-state index in [1.54, 1.807) is 11.6 Å². The van der Waals surface area contributed by atoms with Crippen LogP contribution in [0.3, 0.4) is 0 Å². The Morgan fingerprint density at radius 2 is 1.56 bits per heavy atom. The van der Waals surface area contributed by atoms with Crippen LogP contribution in [-0.4, -0.2) is 4.98 Å². The zero-order valence-corrected chi connectivity index (χ0v) is 19.4. The van der Waals surface area contributed by atoms with E-state index in [9.17, 15) is 5.26 Å². The fourth-order valence-corrected chi connectivity index (χ4v) is 3.96. The third kappa shape index (κ3) is 5.72. The van der Waals surface area contributed by atoms with Gasteiger partial charge < -0.3 is 11.1 Å². The van der Waals surface area contributed by atoms with Gasteiger partial charge >= 0.3 is 0 Å². The molecule has 34 heavy (non-hydrogen) atoms. The first-order valence-electron chi connectivity index (χ1n) is 10.8. The number of nitrogens with one attached hydrogen (secondary N) is 1. The molecule has 0 aliphatic rings. The van der Waals surface area contributed by atoms with Crippen LogP contribution in [0.4, 0.5) is 0 Å². The van der Waals surface area contributed by atoms with Crippen LogP contribution in [0.2, 0.25) is 0 Å². The lowest BCUT2D eigenvalue weighted by Gasteiger charge is -2.11. The quantitative estimate of drug-likeness (QED) is 0.301. The highest BCUT2D eigenvalue weighted by atomic mass is 32.2. The minimum Gasteiger partial charge on any atom is -0.398 e. The van der Waals surface area contributed by atoms with Gasteiger partial charge in [-0.3, -0.25) is 10.1 Å². The number of pyridine rings is 1. The summed E-state index contributed by atoms with van der Waals surface area (Å²) >= 11 is 1.10. The van der Waals surface area contributed by atoms with Crippen molar-refractivity contribution in [2.75, 3.05) is 0 Å². The van der Waals surface area contributed by atoms with Gasteiger partial charge in [0.25, 0.3) is 0 Å². The van der Waals surface area contributed by atoms with Crippen molar-refractivity contribution in [2.45, 2.75) is 13.1 Å². The number of aromatic nitrogens is 1. The fraction of sp³-hybridized carbons (Fsp3) is 0.0714. The summed E-state index contributed by atoms with van der Waals surface area (Å²) in [4.78, 5) is 4.60. The second kappa shape index (κ2) is 11.3. The van der Waals surface area contributed by atoms with Crippen LogP contribution in [0, 0.1) is 11.3 Å². The van der Waals surface area contributed by atoms with Crippen molar-refractivity contribution in [1.82, 2.24) is 10.3 Å². The maximum absolute atomic E-state index is 9.32. The van der Waals surface area contributed by atoms with E-state index < -0.39 is 0 Å². The van der Waals surface area contributed by atoms with Crippen LogP contribution in [0.25, 0.3) is 28.1 Å². The zero-order chi connectivity index (χ0) is 23.8. The summed E-state index contributed by atoms with van der Waals surface area (Å²) in [5, 5.41) is 20.0. The highest BCUT2D eigenvalue weighted by Gasteiger charge is 2.10. The summed E-state index contributed by atoms with van der Waals surface area (Å²) in [6.45, 7) is 1.51. The summed E-state index contributed by atoms with van der Waals surface area (Å²) in [6.07, 6.45) is 1.63. The lowest BCUT2D eigenvalue weighted by Crippen LogP contribution is -2.12. The molecule has 0 fully saturated rings. The monoisotopic (exact) mass is 463 g/mol. The van der Waals surface area contributed by atoms with Crippen molar-refractivity contribution in [3.63, 3.8) is 0 Å². The zero-order valence-electron chi connectivity index (χ0n) is 18.6. The molecule has 0 aliphatic heterocycles. The van der Waals surface area contributed by atoms with Crippen LogP contribution < -0.4 is 16.2 Å². The first kappa shape index (κ1) is 23.3. The molecule has 0 aliphatic carbocycles. The molecule has 1 aromatic heterocycles. The van der Waals surface area contributed by atoms with Crippen molar-refractivity contribution >= 4 is 17.6 Å². The predicted octanol–water partition coefficient (Wildman–Crippen LogP) is 5.44. The lowest BCUT2D eigenvalue weighted by molar-refractivity contribution is 0.693. The Kier molecular flexibility index (Phi) is 7.74. The molecule has 4 aromatic rings. The second-order valence-corrected chi connectivity index (χ2v) is 8.31. The SMILES string of the molecule is N#Cc1cnc(-c2ccc(CNCc3ccc(/C(N)=C/SN)cc3)cc2)c(-c2ccccc2)c1. The molecule has 4 rings (SSSR count). The molecule has 0 bridgehead atoms. The van der Waals surface area contributed by atoms with Crippen molar-refractivity contribution in [3.8, 4) is 28.5 Å². The maximum Gasteiger partial charge on any atom is 0.101 e. The third-order valence-electron chi connectivity index (χ3n) is 5.47. The first-order valence-corrected chi connectivity index (χ1v) is 11.8. The van der Waals surface area contributed by atoms with E-state index in [-0.39, 0.29) is 0 Å². The molecule has 0 amide bonds. The van der Waals surface area contributed by atoms with E-state index in [1.165, 1.54) is 11.1 Å². The Morgan fingerprint density at radius 1 is 0.912 bits per heavy atom. The van der Waals surface area contributed by atoms with Crippen LogP contribution >= 0.6 is 11.9 Å². The van der Waals surface area contributed by atoms with Gasteiger partial charge in [-0.05, 0) is 28.3 Å². The van der Waals surface area contributed by atoms with Crippen molar-refractivity contribution in [2.24, 2.45) is 10.9 Å². The second-order valence-electron chi connectivity index (χ2n) is 7.80. The smallest absolute Gasteiger partial charge is 0.101 e. The highest BCUT2D eigenvalue weighted by molar-refractivity contribution is 8.00. The van der Waals surface area contributed by atoms with Gasteiger partial charge in [-0.2, -0.15) is 5.26 Å². The number of nitrogens with two attached hydrogens (primary N) is 2. The van der Waals surface area contributed by atoms with E-state index >= 15 is 0 Å². The molecule has 0 atom stereocenters. The molecule has 1 heterocycles. The maximum atomic E-state index is 9.32. The topological polar surface area (TPSA) is 101 Å². The highest BCUT2D eigenvalue weighted by Crippen LogP contribution is 2.31. The van der Waals surface area contributed by atoms with E-state index in [0.717, 1.165) is 53.0 Å². The number of benzene rings is 3. The minimum atomic E-state index is 0.549. The Morgan fingerprint density at radius 3 is 2.18 bits per heavy atom. The molecule has 5 N–H and O–H groups in total. The summed E-state index contributed by atoms with van der Waals surface area (Å²) in [5.41, 5.74) is 14.4. The predicted molar refractivity (Wildman–Crippen MR) is 141 cm³/mol. The Labute approximate surface area is 204 Å². The van der Waals surface area contributed by atoms with Crippen molar-refractivity contribution in [1.29, 1.82) is 5.26 Å². The van der Waals surface area contributed by atoms with Gasteiger partial charge in [0.05, 0.1) is 11.3 Å². The number of hydrogen-bond donors (Lipinski definition) is 3. The Balaban J connectivity index is 1.43. The molecule has 5 nitrogen and oxygen atoms in total. The van der Waals surface area contributed by atoms with Crippen molar-refractivity contribution < 1.29 is 0 Å². The molecule has 0 unspecified atom stereocenters. The van der Waals surface area contributed by atoms with Gasteiger partial charge in [-0.25, -0.2) is 0 Å². The molecule has 0 saturated carbocycles. The average molecular weight is 464 g/mol. The van der Waals surface area contributed by atoms with Gasteiger partial charge in [0, 0.05) is 41.5 Å². The molecule has 168 valence electrons. The summed E-state index contributed by atoms with van der Waals surface area (Å²) in [7, 11) is 0. The van der Waals surface area contributed by atoms with E-state index in [1.807, 2.05) is 48.5 Å². The number of nitriles is 1. The molecular formula is C28H25N5S. The van der Waals surface area contributed by atoms with Crippen LogP contribution in [0.5, 0.6) is 0 Å². The molecule has 3 aromatic carbocycles. The van der Waals surface area contributed by atoms with Gasteiger partial charge in [-0.1, -0.05) is 90.8 Å². The van der Waals surface area contributed by atoms with Crippen LogP contribution in [-0.2, 0) is 13.1 Å². The van der Waals surface area contributed by atoms with E-state index in [0.29, 0.717) is 11.3 Å². The molecule has 0 radical (unpaired) electrons. The van der Waals surface area contributed by atoms with Gasteiger partial charge in [0.2, 0.25) is 0 Å². The molecule has 6 heteroatoms. The van der Waals surface area contributed by atoms with Crippen LogP contribution in [0.1, 0.15) is 22.3 Å².